The summed E-state index contributed by atoms with van der Waals surface area (Å²) in [5.74, 6) is -0.931. The first-order chi connectivity index (χ1) is 15.3. The molecular formula is C22H30FN5O3S. The third-order valence-electron chi connectivity index (χ3n) is 5.34. The topological polar surface area (TPSA) is 110 Å². The van der Waals surface area contributed by atoms with Gasteiger partial charge < -0.3 is 20.7 Å². The average molecular weight is 464 g/mol. The van der Waals surface area contributed by atoms with Crippen molar-refractivity contribution < 1.29 is 18.7 Å². The van der Waals surface area contributed by atoms with Gasteiger partial charge in [-0.05, 0) is 61.9 Å². The fraction of sp³-hybridized carbons (Fsp3) is 0.500. The van der Waals surface area contributed by atoms with Crippen LogP contribution in [0.5, 0.6) is 5.88 Å². The lowest BCUT2D eigenvalue weighted by atomic mass is 10.1. The van der Waals surface area contributed by atoms with Crippen LogP contribution in [-0.2, 0) is 6.61 Å². The molecule has 2 heterocycles. The number of nitrogens with two attached hydrogens (primary N) is 1. The number of urea groups is 1. The van der Waals surface area contributed by atoms with Gasteiger partial charge in [0.2, 0.25) is 5.88 Å². The zero-order chi connectivity index (χ0) is 23.1. The molecule has 3 rings (SSSR count). The van der Waals surface area contributed by atoms with Crippen molar-refractivity contribution in [1.29, 1.82) is 0 Å². The molecule has 1 saturated heterocycles. The molecule has 32 heavy (non-hydrogen) atoms. The maximum absolute atomic E-state index is 14.0. The number of aryl methyl sites for hydroxylation is 1. The summed E-state index contributed by atoms with van der Waals surface area (Å²) in [5, 5.41) is 5.64. The molecule has 10 heteroatoms. The van der Waals surface area contributed by atoms with E-state index < -0.39 is 17.8 Å². The van der Waals surface area contributed by atoms with Crippen molar-refractivity contribution in [3.63, 3.8) is 0 Å². The van der Waals surface area contributed by atoms with Crippen LogP contribution in [0.3, 0.4) is 0 Å². The van der Waals surface area contributed by atoms with E-state index in [1.165, 1.54) is 25.3 Å². The number of primary amides is 1. The van der Waals surface area contributed by atoms with Crippen LogP contribution in [-0.4, -0.2) is 47.4 Å². The van der Waals surface area contributed by atoms with Crippen LogP contribution in [0, 0.1) is 18.7 Å². The second kappa shape index (κ2) is 11.2. The Kier molecular flexibility index (Phi) is 8.40. The summed E-state index contributed by atoms with van der Waals surface area (Å²) in [5.41, 5.74) is 6.57. The summed E-state index contributed by atoms with van der Waals surface area (Å²) in [6, 6.07) is 4.33. The molecule has 0 aliphatic carbocycles. The number of halogens is 1. The van der Waals surface area contributed by atoms with Crippen molar-refractivity contribution in [2.24, 2.45) is 11.7 Å². The number of carbonyl (C=O) groups excluding carboxylic acids is 2. The highest BCUT2D eigenvalue weighted by Crippen LogP contribution is 2.31. The molecule has 8 nitrogen and oxygen atoms in total. The predicted molar refractivity (Wildman–Crippen MR) is 123 cm³/mol. The van der Waals surface area contributed by atoms with Crippen LogP contribution < -0.4 is 21.1 Å². The van der Waals surface area contributed by atoms with Crippen LogP contribution in [0.1, 0.15) is 47.7 Å². The Hall–Kier alpha value is -2.72. The Morgan fingerprint density at radius 3 is 2.75 bits per heavy atom. The third-order valence-corrected chi connectivity index (χ3v) is 6.08. The van der Waals surface area contributed by atoms with Gasteiger partial charge in [-0.3, -0.25) is 10.1 Å². The maximum Gasteiger partial charge on any atom is 0.319 e. The largest absolute Gasteiger partial charge is 0.471 e. The molecule has 1 unspecified atom stereocenters. The first kappa shape index (κ1) is 23.9. The number of aromatic nitrogens is 1. The minimum atomic E-state index is -0.785. The molecule has 3 amide bonds. The number of hydrogen-bond donors (Lipinski definition) is 3. The monoisotopic (exact) mass is 463 g/mol. The van der Waals surface area contributed by atoms with Gasteiger partial charge in [-0.2, -0.15) is 4.37 Å². The van der Waals surface area contributed by atoms with Crippen LogP contribution in [0.15, 0.2) is 18.2 Å². The minimum Gasteiger partial charge on any atom is -0.471 e. The maximum atomic E-state index is 14.0. The molecule has 1 atom stereocenters. The van der Waals surface area contributed by atoms with Crippen LogP contribution in [0.25, 0.3) is 0 Å². The summed E-state index contributed by atoms with van der Waals surface area (Å²) in [6.45, 7) is 7.41. The molecule has 1 fully saturated rings. The standard InChI is InChI=1S/C22H30FN5O3S/c1-14-6-7-16(17(23)10-14)13-31-20-18(19(24)29)21(32-27-20)26-22(30)25-11-15(2)12-28-8-4-3-5-9-28/h6-7,10,15H,3-5,8-9,11-13H2,1-2H3,(H2,24,29)(H2,25,26,30). The van der Waals surface area contributed by atoms with Gasteiger partial charge in [-0.1, -0.05) is 25.5 Å². The summed E-state index contributed by atoms with van der Waals surface area (Å²) in [4.78, 5) is 26.7. The Balaban J connectivity index is 1.54. The number of piperidine rings is 1. The Morgan fingerprint density at radius 2 is 2.06 bits per heavy atom. The van der Waals surface area contributed by atoms with Gasteiger partial charge in [0.1, 0.15) is 23.0 Å². The van der Waals surface area contributed by atoms with Crippen molar-refractivity contribution in [2.45, 2.75) is 39.7 Å². The average Bonchev–Trinajstić information content (AvgIpc) is 3.15. The highest BCUT2D eigenvalue weighted by atomic mass is 32.1. The Morgan fingerprint density at radius 1 is 1.31 bits per heavy atom. The van der Waals surface area contributed by atoms with Crippen LogP contribution >= 0.6 is 11.5 Å². The van der Waals surface area contributed by atoms with Gasteiger partial charge in [-0.15, -0.1) is 0 Å². The zero-order valence-corrected chi connectivity index (χ0v) is 19.3. The summed E-state index contributed by atoms with van der Waals surface area (Å²) >= 11 is 0.888. The molecule has 4 N–H and O–H groups in total. The number of likely N-dealkylation sites (tertiary alicyclic amines) is 1. The van der Waals surface area contributed by atoms with Gasteiger partial charge in [0.15, 0.2) is 0 Å². The van der Waals surface area contributed by atoms with E-state index >= 15 is 0 Å². The molecule has 1 aromatic heterocycles. The lowest BCUT2D eigenvalue weighted by Gasteiger charge is -2.29. The summed E-state index contributed by atoms with van der Waals surface area (Å²) in [6.07, 6.45) is 3.74. The highest BCUT2D eigenvalue weighted by Gasteiger charge is 2.22. The third kappa shape index (κ3) is 6.64. The first-order valence-electron chi connectivity index (χ1n) is 10.8. The van der Waals surface area contributed by atoms with E-state index in [1.54, 1.807) is 19.1 Å². The number of nitrogens with one attached hydrogen (secondary N) is 2. The molecule has 0 spiro atoms. The molecular weight excluding hydrogens is 433 g/mol. The van der Waals surface area contributed by atoms with E-state index in [2.05, 4.69) is 26.8 Å². The van der Waals surface area contributed by atoms with E-state index in [0.29, 0.717) is 18.0 Å². The quantitative estimate of drug-likeness (QED) is 0.527. The fourth-order valence-electron chi connectivity index (χ4n) is 3.65. The van der Waals surface area contributed by atoms with Crippen molar-refractivity contribution in [2.75, 3.05) is 31.5 Å². The lowest BCUT2D eigenvalue weighted by molar-refractivity contribution is 0.0996. The van der Waals surface area contributed by atoms with Crippen molar-refractivity contribution >= 4 is 28.5 Å². The smallest absolute Gasteiger partial charge is 0.319 e. The zero-order valence-electron chi connectivity index (χ0n) is 18.4. The van der Waals surface area contributed by atoms with Gasteiger partial charge in [0, 0.05) is 18.7 Å². The number of benzene rings is 1. The molecule has 0 radical (unpaired) electrons. The van der Waals surface area contributed by atoms with Gasteiger partial charge in [-0.25, -0.2) is 9.18 Å². The van der Waals surface area contributed by atoms with Crippen LogP contribution in [0.2, 0.25) is 0 Å². The van der Waals surface area contributed by atoms with Crippen molar-refractivity contribution in [1.82, 2.24) is 14.6 Å². The predicted octanol–water partition coefficient (Wildman–Crippen LogP) is 3.51. The summed E-state index contributed by atoms with van der Waals surface area (Å²) in [7, 11) is 0. The normalized spacial score (nSPS) is 15.2. The molecule has 1 aliphatic rings. The second-order valence-corrected chi connectivity index (χ2v) is 9.01. The molecule has 0 bridgehead atoms. The molecule has 1 aromatic carbocycles. The van der Waals surface area contributed by atoms with Crippen molar-refractivity contribution in [3.05, 3.63) is 40.7 Å². The summed E-state index contributed by atoms with van der Waals surface area (Å²) < 4.78 is 23.6. The minimum absolute atomic E-state index is 0.0287. The number of anilines is 1. The van der Waals surface area contributed by atoms with E-state index in [0.717, 1.165) is 36.7 Å². The molecule has 0 saturated carbocycles. The molecule has 174 valence electrons. The number of rotatable bonds is 9. The Bertz CT molecular complexity index is 946. The fourth-order valence-corrected chi connectivity index (χ4v) is 4.39. The number of ether oxygens (including phenoxy) is 1. The first-order valence-corrected chi connectivity index (χ1v) is 11.6. The van der Waals surface area contributed by atoms with E-state index in [1.807, 2.05) is 0 Å². The number of nitrogens with zero attached hydrogens (tertiary/aromatic N) is 2. The van der Waals surface area contributed by atoms with Crippen LogP contribution in [0.4, 0.5) is 14.2 Å². The van der Waals surface area contributed by atoms with Gasteiger partial charge in [0.05, 0.1) is 0 Å². The lowest BCUT2D eigenvalue weighted by Crippen LogP contribution is -2.39. The SMILES string of the molecule is Cc1ccc(COc2nsc(NC(=O)NCC(C)CN3CCCCC3)c2C(N)=O)c(F)c1. The number of carbonyl (C=O) groups is 2. The van der Waals surface area contributed by atoms with E-state index in [4.69, 9.17) is 10.5 Å². The number of amides is 3. The van der Waals surface area contributed by atoms with E-state index in [-0.39, 0.29) is 23.1 Å². The van der Waals surface area contributed by atoms with Gasteiger partial charge >= 0.3 is 6.03 Å². The van der Waals surface area contributed by atoms with Crippen molar-refractivity contribution in [3.8, 4) is 5.88 Å². The highest BCUT2D eigenvalue weighted by molar-refractivity contribution is 7.11. The van der Waals surface area contributed by atoms with E-state index in [9.17, 15) is 14.0 Å². The van der Waals surface area contributed by atoms with Gasteiger partial charge in [0.25, 0.3) is 5.91 Å². The molecule has 1 aliphatic heterocycles. The Labute approximate surface area is 191 Å². The number of hydrogen-bond acceptors (Lipinski definition) is 6. The molecule has 2 aromatic rings. The second-order valence-electron chi connectivity index (χ2n) is 8.24.